The number of nitrogens with two attached hydrogens (primary N) is 1. The van der Waals surface area contributed by atoms with Crippen molar-refractivity contribution >= 4 is 5.91 Å². The third-order valence-electron chi connectivity index (χ3n) is 3.64. The van der Waals surface area contributed by atoms with Crippen LogP contribution in [0.1, 0.15) is 28.9 Å². The van der Waals surface area contributed by atoms with Crippen LogP contribution in [0.25, 0.3) is 0 Å². The summed E-state index contributed by atoms with van der Waals surface area (Å²) < 4.78 is 5.55. The zero-order chi connectivity index (χ0) is 15.4. The summed E-state index contributed by atoms with van der Waals surface area (Å²) in [6.07, 6.45) is 5.34. The van der Waals surface area contributed by atoms with Gasteiger partial charge in [0.1, 0.15) is 12.3 Å². The molecule has 3 N–H and O–H groups in total. The lowest BCUT2D eigenvalue weighted by molar-refractivity contribution is 0.0702. The van der Waals surface area contributed by atoms with Gasteiger partial charge in [-0.15, -0.1) is 5.10 Å². The van der Waals surface area contributed by atoms with Crippen LogP contribution in [0.5, 0.6) is 5.88 Å². The van der Waals surface area contributed by atoms with Crippen LogP contribution in [0.2, 0.25) is 0 Å². The average molecular weight is 301 g/mol. The number of H-pyrrole nitrogens is 1. The normalized spacial score (nSPS) is 18.2. The Labute approximate surface area is 128 Å². The quantitative estimate of drug-likeness (QED) is 0.876. The lowest BCUT2D eigenvalue weighted by Crippen LogP contribution is -2.45. The van der Waals surface area contributed by atoms with Crippen molar-refractivity contribution in [2.45, 2.75) is 25.5 Å². The Hall–Kier alpha value is -2.41. The van der Waals surface area contributed by atoms with Gasteiger partial charge in [-0.25, -0.2) is 0 Å². The molecule has 0 bridgehead atoms. The number of aromatic nitrogens is 3. The molecule has 1 fully saturated rings. The number of hydrogen-bond acceptors (Lipinski definition) is 5. The molecule has 1 amide bonds. The second-order valence-electron chi connectivity index (χ2n) is 5.42. The van der Waals surface area contributed by atoms with Gasteiger partial charge in [-0.3, -0.25) is 14.9 Å². The molecular weight excluding hydrogens is 282 g/mol. The number of nitrogens with zero attached hydrogens (tertiary/aromatic N) is 3. The zero-order valence-electron chi connectivity index (χ0n) is 12.2. The van der Waals surface area contributed by atoms with Gasteiger partial charge in [0.05, 0.1) is 0 Å². The molecule has 0 unspecified atom stereocenters. The van der Waals surface area contributed by atoms with Crippen molar-refractivity contribution in [2.75, 3.05) is 13.1 Å². The highest BCUT2D eigenvalue weighted by atomic mass is 16.5. The molecule has 0 saturated carbocycles. The van der Waals surface area contributed by atoms with Gasteiger partial charge in [-0.05, 0) is 18.9 Å². The fourth-order valence-corrected chi connectivity index (χ4v) is 2.49. The van der Waals surface area contributed by atoms with Gasteiger partial charge in [0.25, 0.3) is 5.91 Å². The number of nitrogens with one attached hydrogen (secondary N) is 1. The summed E-state index contributed by atoms with van der Waals surface area (Å²) in [6.45, 7) is 1.68. The highest BCUT2D eigenvalue weighted by molar-refractivity contribution is 5.92. The van der Waals surface area contributed by atoms with Crippen molar-refractivity contribution in [3.8, 4) is 5.88 Å². The number of likely N-dealkylation sites (tertiary alicyclic amines) is 1. The molecular formula is C15H19N5O2. The largest absolute Gasteiger partial charge is 0.472 e. The monoisotopic (exact) mass is 301 g/mol. The first-order valence-electron chi connectivity index (χ1n) is 7.34. The minimum Gasteiger partial charge on any atom is -0.472 e. The Morgan fingerprint density at radius 3 is 3.23 bits per heavy atom. The maximum atomic E-state index is 12.4. The van der Waals surface area contributed by atoms with Gasteiger partial charge >= 0.3 is 0 Å². The van der Waals surface area contributed by atoms with Crippen molar-refractivity contribution in [3.05, 3.63) is 41.9 Å². The molecule has 7 nitrogen and oxygen atoms in total. The molecule has 7 heteroatoms. The molecule has 1 aliphatic heterocycles. The average Bonchev–Trinajstić information content (AvgIpc) is 3.02. The van der Waals surface area contributed by atoms with Gasteiger partial charge in [0.15, 0.2) is 0 Å². The Bertz CT molecular complexity index is 628. The summed E-state index contributed by atoms with van der Waals surface area (Å²) in [5, 5.41) is 6.75. The first-order valence-corrected chi connectivity index (χ1v) is 7.34. The SMILES string of the molecule is N[C@@H]1CCCN(C(=O)c2cc(OCc3cccnc3)n[nH]2)C1. The van der Waals surface area contributed by atoms with E-state index in [4.69, 9.17) is 10.5 Å². The predicted octanol–water partition coefficient (Wildman–Crippen LogP) is 0.947. The maximum Gasteiger partial charge on any atom is 0.272 e. The number of ether oxygens (including phenoxy) is 1. The van der Waals surface area contributed by atoms with E-state index < -0.39 is 0 Å². The van der Waals surface area contributed by atoms with Crippen LogP contribution < -0.4 is 10.5 Å². The van der Waals surface area contributed by atoms with E-state index in [9.17, 15) is 4.79 Å². The summed E-state index contributed by atoms with van der Waals surface area (Å²) in [5.74, 6) is 0.312. The van der Waals surface area contributed by atoms with Crippen LogP contribution >= 0.6 is 0 Å². The highest BCUT2D eigenvalue weighted by Crippen LogP contribution is 2.15. The summed E-state index contributed by atoms with van der Waals surface area (Å²) >= 11 is 0. The second kappa shape index (κ2) is 6.57. The minimum atomic E-state index is -0.0844. The molecule has 0 radical (unpaired) electrons. The third-order valence-corrected chi connectivity index (χ3v) is 3.64. The Morgan fingerprint density at radius 1 is 1.55 bits per heavy atom. The molecule has 1 saturated heterocycles. The van der Waals surface area contributed by atoms with E-state index in [1.54, 1.807) is 23.4 Å². The van der Waals surface area contributed by atoms with Crippen LogP contribution in [0.4, 0.5) is 0 Å². The summed E-state index contributed by atoms with van der Waals surface area (Å²) in [7, 11) is 0. The molecule has 2 aromatic rings. The summed E-state index contributed by atoms with van der Waals surface area (Å²) in [5.41, 5.74) is 7.28. The van der Waals surface area contributed by atoms with Crippen molar-refractivity contribution in [1.29, 1.82) is 0 Å². The number of amides is 1. The van der Waals surface area contributed by atoms with Crippen LogP contribution in [-0.2, 0) is 6.61 Å². The van der Waals surface area contributed by atoms with Gasteiger partial charge in [0.2, 0.25) is 5.88 Å². The molecule has 3 rings (SSSR count). The van der Waals surface area contributed by atoms with E-state index in [1.807, 2.05) is 12.1 Å². The molecule has 22 heavy (non-hydrogen) atoms. The van der Waals surface area contributed by atoms with Gasteiger partial charge in [0, 0.05) is 43.2 Å². The van der Waals surface area contributed by atoms with Gasteiger partial charge in [-0.2, -0.15) is 0 Å². The number of hydrogen-bond donors (Lipinski definition) is 2. The Balaban J connectivity index is 1.59. The van der Waals surface area contributed by atoms with Gasteiger partial charge in [-0.1, -0.05) is 6.07 Å². The minimum absolute atomic E-state index is 0.0573. The van der Waals surface area contributed by atoms with E-state index >= 15 is 0 Å². The highest BCUT2D eigenvalue weighted by Gasteiger charge is 2.23. The van der Waals surface area contributed by atoms with Crippen molar-refractivity contribution in [2.24, 2.45) is 5.73 Å². The topological polar surface area (TPSA) is 97.1 Å². The number of carbonyl (C=O) groups excluding carboxylic acids is 1. The third kappa shape index (κ3) is 3.43. The molecule has 1 aliphatic rings. The summed E-state index contributed by atoms with van der Waals surface area (Å²) in [6, 6.07) is 5.44. The second-order valence-corrected chi connectivity index (χ2v) is 5.42. The first-order chi connectivity index (χ1) is 10.7. The van der Waals surface area contributed by atoms with Crippen LogP contribution in [0.15, 0.2) is 30.6 Å². The molecule has 0 spiro atoms. The Kier molecular flexibility index (Phi) is 4.34. The van der Waals surface area contributed by atoms with Crippen molar-refractivity contribution in [1.82, 2.24) is 20.1 Å². The molecule has 0 aromatic carbocycles. The smallest absolute Gasteiger partial charge is 0.272 e. The molecule has 0 aliphatic carbocycles. The number of piperidine rings is 1. The molecule has 1 atom stereocenters. The van der Waals surface area contributed by atoms with E-state index in [2.05, 4.69) is 15.2 Å². The number of aromatic amines is 1. The van der Waals surface area contributed by atoms with E-state index in [0.29, 0.717) is 24.7 Å². The van der Waals surface area contributed by atoms with Crippen LogP contribution in [-0.4, -0.2) is 45.1 Å². The van der Waals surface area contributed by atoms with Gasteiger partial charge < -0.3 is 15.4 Å². The van der Waals surface area contributed by atoms with E-state index in [0.717, 1.165) is 24.9 Å². The lowest BCUT2D eigenvalue weighted by atomic mass is 10.1. The predicted molar refractivity (Wildman–Crippen MR) is 80.3 cm³/mol. The zero-order valence-corrected chi connectivity index (χ0v) is 12.2. The number of rotatable bonds is 4. The van der Waals surface area contributed by atoms with Crippen LogP contribution in [0.3, 0.4) is 0 Å². The van der Waals surface area contributed by atoms with E-state index in [-0.39, 0.29) is 11.9 Å². The molecule has 2 aromatic heterocycles. The number of carbonyl (C=O) groups is 1. The number of pyridine rings is 1. The molecule has 3 heterocycles. The van der Waals surface area contributed by atoms with Crippen molar-refractivity contribution < 1.29 is 9.53 Å². The van der Waals surface area contributed by atoms with Crippen LogP contribution in [0, 0.1) is 0 Å². The summed E-state index contributed by atoms with van der Waals surface area (Å²) in [4.78, 5) is 18.1. The first kappa shape index (κ1) is 14.5. The fourth-order valence-electron chi connectivity index (χ4n) is 2.49. The van der Waals surface area contributed by atoms with E-state index in [1.165, 1.54) is 0 Å². The lowest BCUT2D eigenvalue weighted by Gasteiger charge is -2.30. The standard InChI is InChI=1S/C15H19N5O2/c16-12-4-2-6-20(9-12)15(21)13-7-14(19-18-13)22-10-11-3-1-5-17-8-11/h1,3,5,7-8,12H,2,4,6,9-10,16H2,(H,18,19)/t12-/m1/s1. The molecule has 116 valence electrons. The van der Waals surface area contributed by atoms with Crippen molar-refractivity contribution in [3.63, 3.8) is 0 Å². The maximum absolute atomic E-state index is 12.4. The Morgan fingerprint density at radius 2 is 2.45 bits per heavy atom. The fraction of sp³-hybridized carbons (Fsp3) is 0.400.